The molecule has 0 aromatic heterocycles. The lowest BCUT2D eigenvalue weighted by molar-refractivity contribution is -0.137. The Morgan fingerprint density at radius 1 is 1.33 bits per heavy atom. The number of anilines is 1. The van der Waals surface area contributed by atoms with E-state index in [1.807, 2.05) is 6.92 Å². The van der Waals surface area contributed by atoms with Crippen molar-refractivity contribution in [1.29, 1.82) is 0 Å². The van der Waals surface area contributed by atoms with Gasteiger partial charge in [0.2, 0.25) is 5.91 Å². The zero-order chi connectivity index (χ0) is 13.4. The zero-order valence-electron chi connectivity index (χ0n) is 9.98. The van der Waals surface area contributed by atoms with Gasteiger partial charge in [-0.3, -0.25) is 4.79 Å². The van der Waals surface area contributed by atoms with Crippen LogP contribution in [0.2, 0.25) is 0 Å². The molecule has 0 aliphatic heterocycles. The Labute approximate surface area is 104 Å². The third-order valence-corrected chi connectivity index (χ3v) is 1.95. The van der Waals surface area contributed by atoms with Gasteiger partial charge in [0.25, 0.3) is 0 Å². The molecular weight excluding hydrogens is 237 g/mol. The number of carbonyl (C=O) groups is 2. The van der Waals surface area contributed by atoms with Gasteiger partial charge in [-0.25, -0.2) is 9.18 Å². The highest BCUT2D eigenvalue weighted by molar-refractivity contribution is 6.02. The molecule has 0 unspecified atom stereocenters. The Hall–Kier alpha value is -2.17. The van der Waals surface area contributed by atoms with Crippen molar-refractivity contribution < 1.29 is 18.7 Å². The van der Waals surface area contributed by atoms with Crippen molar-refractivity contribution in [1.82, 2.24) is 0 Å². The molecule has 0 spiro atoms. The Bertz CT molecular complexity index is 457. The van der Waals surface area contributed by atoms with Crippen LogP contribution in [0.25, 0.3) is 0 Å². The molecule has 1 amide bonds. The highest BCUT2D eigenvalue weighted by atomic mass is 19.1. The number of esters is 1. The van der Waals surface area contributed by atoms with Gasteiger partial charge in [-0.1, -0.05) is 19.1 Å². The summed E-state index contributed by atoms with van der Waals surface area (Å²) >= 11 is 0. The van der Waals surface area contributed by atoms with Gasteiger partial charge in [0.1, 0.15) is 5.82 Å². The number of para-hydroxylation sites is 1. The van der Waals surface area contributed by atoms with Crippen LogP contribution in [0.15, 0.2) is 36.4 Å². The Balaban J connectivity index is 2.49. The van der Waals surface area contributed by atoms with Crippen molar-refractivity contribution in [3.05, 3.63) is 42.2 Å². The summed E-state index contributed by atoms with van der Waals surface area (Å²) in [7, 11) is 0. The number of amides is 1. The largest absolute Gasteiger partial charge is 0.463 e. The van der Waals surface area contributed by atoms with Gasteiger partial charge >= 0.3 is 5.97 Å². The summed E-state index contributed by atoms with van der Waals surface area (Å²) in [5.74, 6) is -1.72. The first-order chi connectivity index (χ1) is 8.63. The molecule has 0 aliphatic rings. The maximum Gasteiger partial charge on any atom is 0.330 e. The van der Waals surface area contributed by atoms with Gasteiger partial charge in [-0.2, -0.15) is 0 Å². The SMILES string of the molecule is CCCOC(=O)/C=C/C(=O)Nc1ccccc1F. The van der Waals surface area contributed by atoms with E-state index in [1.165, 1.54) is 18.2 Å². The monoisotopic (exact) mass is 251 g/mol. The highest BCUT2D eigenvalue weighted by Crippen LogP contribution is 2.11. The van der Waals surface area contributed by atoms with Crippen LogP contribution in [0.4, 0.5) is 10.1 Å². The summed E-state index contributed by atoms with van der Waals surface area (Å²) in [5, 5.41) is 2.31. The summed E-state index contributed by atoms with van der Waals surface area (Å²) in [4.78, 5) is 22.4. The van der Waals surface area contributed by atoms with Crippen LogP contribution < -0.4 is 5.32 Å². The van der Waals surface area contributed by atoms with Crippen LogP contribution in [0.1, 0.15) is 13.3 Å². The van der Waals surface area contributed by atoms with Gasteiger partial charge in [0, 0.05) is 12.2 Å². The van der Waals surface area contributed by atoms with Crippen molar-refractivity contribution in [3.63, 3.8) is 0 Å². The van der Waals surface area contributed by atoms with Crippen LogP contribution in [-0.4, -0.2) is 18.5 Å². The third-order valence-electron chi connectivity index (χ3n) is 1.95. The minimum Gasteiger partial charge on any atom is -0.463 e. The third kappa shape index (κ3) is 4.78. The molecule has 1 aromatic carbocycles. The normalized spacial score (nSPS) is 10.3. The first kappa shape index (κ1) is 13.9. The first-order valence-corrected chi connectivity index (χ1v) is 5.54. The van der Waals surface area contributed by atoms with E-state index in [4.69, 9.17) is 4.74 Å². The van der Waals surface area contributed by atoms with E-state index < -0.39 is 17.7 Å². The average molecular weight is 251 g/mol. The van der Waals surface area contributed by atoms with E-state index in [2.05, 4.69) is 5.32 Å². The van der Waals surface area contributed by atoms with E-state index in [9.17, 15) is 14.0 Å². The van der Waals surface area contributed by atoms with E-state index >= 15 is 0 Å². The zero-order valence-corrected chi connectivity index (χ0v) is 9.98. The first-order valence-electron chi connectivity index (χ1n) is 5.54. The second-order valence-corrected chi connectivity index (χ2v) is 3.47. The standard InChI is InChI=1S/C13H14FNO3/c1-2-9-18-13(17)8-7-12(16)15-11-6-4-3-5-10(11)14/h3-8H,2,9H2,1H3,(H,15,16)/b8-7+. The van der Waals surface area contributed by atoms with Gasteiger partial charge in [0.05, 0.1) is 12.3 Å². The van der Waals surface area contributed by atoms with E-state index in [-0.39, 0.29) is 5.69 Å². The number of rotatable bonds is 5. The molecule has 0 radical (unpaired) electrons. The molecule has 1 N–H and O–H groups in total. The molecule has 18 heavy (non-hydrogen) atoms. The molecule has 0 atom stereocenters. The maximum atomic E-state index is 13.2. The highest BCUT2D eigenvalue weighted by Gasteiger charge is 2.04. The number of hydrogen-bond donors (Lipinski definition) is 1. The summed E-state index contributed by atoms with van der Waals surface area (Å²) in [5.41, 5.74) is 0.0640. The van der Waals surface area contributed by atoms with Crippen molar-refractivity contribution in [3.8, 4) is 0 Å². The fourth-order valence-corrected chi connectivity index (χ4v) is 1.13. The van der Waals surface area contributed by atoms with Crippen molar-refractivity contribution in [2.75, 3.05) is 11.9 Å². The quantitative estimate of drug-likeness (QED) is 0.645. The maximum absolute atomic E-state index is 13.2. The van der Waals surface area contributed by atoms with Crippen molar-refractivity contribution in [2.45, 2.75) is 13.3 Å². The molecule has 0 saturated heterocycles. The molecule has 0 heterocycles. The molecular formula is C13H14FNO3. The Morgan fingerprint density at radius 3 is 2.72 bits per heavy atom. The molecule has 1 aromatic rings. The summed E-state index contributed by atoms with van der Waals surface area (Å²) in [6.45, 7) is 2.17. The predicted octanol–water partition coefficient (Wildman–Crippen LogP) is 2.27. The smallest absolute Gasteiger partial charge is 0.330 e. The van der Waals surface area contributed by atoms with E-state index in [0.29, 0.717) is 13.0 Å². The molecule has 4 nitrogen and oxygen atoms in total. The minimum absolute atomic E-state index is 0.0640. The molecule has 0 saturated carbocycles. The van der Waals surface area contributed by atoms with Gasteiger partial charge < -0.3 is 10.1 Å². The van der Waals surface area contributed by atoms with Gasteiger partial charge in [0.15, 0.2) is 0 Å². The van der Waals surface area contributed by atoms with E-state index in [1.54, 1.807) is 6.07 Å². The van der Waals surface area contributed by atoms with Crippen LogP contribution >= 0.6 is 0 Å². The van der Waals surface area contributed by atoms with Crippen LogP contribution in [-0.2, 0) is 14.3 Å². The number of hydrogen-bond acceptors (Lipinski definition) is 3. The predicted molar refractivity (Wildman–Crippen MR) is 65.4 cm³/mol. The molecule has 0 bridgehead atoms. The number of benzene rings is 1. The minimum atomic E-state index is -0.597. The summed E-state index contributed by atoms with van der Waals surface area (Å²) in [6.07, 6.45) is 2.72. The second kappa shape index (κ2) is 7.21. The van der Waals surface area contributed by atoms with Crippen molar-refractivity contribution >= 4 is 17.6 Å². The van der Waals surface area contributed by atoms with Crippen LogP contribution in [0, 0.1) is 5.82 Å². The Kier molecular flexibility index (Phi) is 5.57. The molecule has 1 rings (SSSR count). The topological polar surface area (TPSA) is 55.4 Å². The number of halogens is 1. The lowest BCUT2D eigenvalue weighted by atomic mass is 10.3. The van der Waals surface area contributed by atoms with E-state index in [0.717, 1.165) is 12.2 Å². The second-order valence-electron chi connectivity index (χ2n) is 3.47. The van der Waals surface area contributed by atoms with Crippen LogP contribution in [0.5, 0.6) is 0 Å². The fourth-order valence-electron chi connectivity index (χ4n) is 1.13. The van der Waals surface area contributed by atoms with Gasteiger partial charge in [-0.15, -0.1) is 0 Å². The van der Waals surface area contributed by atoms with Crippen molar-refractivity contribution in [2.24, 2.45) is 0 Å². The summed E-state index contributed by atoms with van der Waals surface area (Å²) < 4.78 is 17.9. The Morgan fingerprint density at radius 2 is 2.06 bits per heavy atom. The molecule has 0 aliphatic carbocycles. The summed E-state index contributed by atoms with van der Waals surface area (Å²) in [6, 6.07) is 5.77. The number of carbonyl (C=O) groups excluding carboxylic acids is 2. The fraction of sp³-hybridized carbons (Fsp3) is 0.231. The lowest BCUT2D eigenvalue weighted by Crippen LogP contribution is -2.10. The average Bonchev–Trinajstić information content (AvgIpc) is 2.36. The molecule has 0 fully saturated rings. The molecule has 96 valence electrons. The number of ether oxygens (including phenoxy) is 1. The molecule has 5 heteroatoms. The van der Waals surface area contributed by atoms with Gasteiger partial charge in [-0.05, 0) is 18.6 Å². The van der Waals surface area contributed by atoms with Crippen LogP contribution in [0.3, 0.4) is 0 Å². The number of nitrogens with one attached hydrogen (secondary N) is 1. The lowest BCUT2D eigenvalue weighted by Gasteiger charge is -2.02.